The van der Waals surface area contributed by atoms with Gasteiger partial charge in [0.05, 0.1) is 0 Å². The van der Waals surface area contributed by atoms with E-state index in [1.807, 2.05) is 0 Å². The lowest BCUT2D eigenvalue weighted by molar-refractivity contribution is 0.0662. The van der Waals surface area contributed by atoms with Crippen molar-refractivity contribution in [3.8, 4) is 11.3 Å². The van der Waals surface area contributed by atoms with Gasteiger partial charge in [0.2, 0.25) is 5.76 Å². The largest absolute Gasteiger partial charge is 0.475 e. The highest BCUT2D eigenvalue weighted by Crippen LogP contribution is 2.26. The normalized spacial score (nSPS) is 10.4. The van der Waals surface area contributed by atoms with Crippen molar-refractivity contribution in [2.24, 2.45) is 0 Å². The second-order valence-corrected chi connectivity index (χ2v) is 3.87. The number of benzene rings is 1. The minimum absolute atomic E-state index is 0.0232. The molecule has 0 atom stereocenters. The highest BCUT2D eigenvalue weighted by molar-refractivity contribution is 6.30. The number of halogens is 1. The Hall–Kier alpha value is -1.74. The third-order valence-corrected chi connectivity index (χ3v) is 2.49. The zero-order chi connectivity index (χ0) is 11.7. The number of hydrogen-bond donors (Lipinski definition) is 1. The molecule has 1 aromatic heterocycles. The third kappa shape index (κ3) is 1.95. The smallest absolute Gasteiger partial charge is 0.372 e. The molecule has 2 aromatic rings. The number of carboxylic acids is 1. The molecular formula is C12H9ClO3. The quantitative estimate of drug-likeness (QED) is 0.867. The van der Waals surface area contributed by atoms with Gasteiger partial charge in [-0.1, -0.05) is 11.6 Å². The topological polar surface area (TPSA) is 50.4 Å². The molecule has 2 rings (SSSR count). The Bertz CT molecular complexity index is 526. The third-order valence-electron chi connectivity index (χ3n) is 2.24. The average molecular weight is 237 g/mol. The van der Waals surface area contributed by atoms with E-state index in [0.29, 0.717) is 16.3 Å². The molecule has 0 spiro atoms. The van der Waals surface area contributed by atoms with Crippen LogP contribution in [0.2, 0.25) is 5.02 Å². The van der Waals surface area contributed by atoms with Crippen LogP contribution in [0.3, 0.4) is 0 Å². The van der Waals surface area contributed by atoms with Crippen LogP contribution >= 0.6 is 11.6 Å². The monoisotopic (exact) mass is 236 g/mol. The summed E-state index contributed by atoms with van der Waals surface area (Å²) in [5.74, 6) is -0.547. The Balaban J connectivity index is 2.45. The summed E-state index contributed by atoms with van der Waals surface area (Å²) in [5.41, 5.74) is 1.41. The van der Waals surface area contributed by atoms with E-state index in [1.54, 1.807) is 37.3 Å². The summed E-state index contributed by atoms with van der Waals surface area (Å²) in [6.07, 6.45) is 0. The van der Waals surface area contributed by atoms with Gasteiger partial charge < -0.3 is 9.52 Å². The van der Waals surface area contributed by atoms with Gasteiger partial charge >= 0.3 is 5.97 Å². The lowest BCUT2D eigenvalue weighted by Gasteiger charge is -1.96. The van der Waals surface area contributed by atoms with Crippen molar-refractivity contribution in [1.29, 1.82) is 0 Å². The second kappa shape index (κ2) is 4.02. The van der Waals surface area contributed by atoms with Crippen LogP contribution in [0.5, 0.6) is 0 Å². The number of furan rings is 1. The van der Waals surface area contributed by atoms with E-state index in [1.165, 1.54) is 0 Å². The predicted octanol–water partition coefficient (Wildman–Crippen LogP) is 3.61. The predicted molar refractivity (Wildman–Crippen MR) is 60.9 cm³/mol. The standard InChI is InChI=1S/C12H9ClO3/c1-7-6-10(16-11(7)12(14)15)8-2-4-9(13)5-3-8/h2-6H,1H3,(H,14,15). The summed E-state index contributed by atoms with van der Waals surface area (Å²) >= 11 is 5.76. The molecule has 0 aliphatic carbocycles. The van der Waals surface area contributed by atoms with E-state index in [9.17, 15) is 4.79 Å². The maximum atomic E-state index is 10.8. The van der Waals surface area contributed by atoms with Crippen LogP contribution in [0.15, 0.2) is 34.7 Å². The zero-order valence-corrected chi connectivity index (χ0v) is 9.28. The van der Waals surface area contributed by atoms with Gasteiger partial charge in [-0.25, -0.2) is 4.79 Å². The number of aryl methyl sites for hydroxylation is 1. The summed E-state index contributed by atoms with van der Waals surface area (Å²) < 4.78 is 5.26. The maximum absolute atomic E-state index is 10.8. The first-order valence-electron chi connectivity index (χ1n) is 4.67. The number of aromatic carboxylic acids is 1. The Morgan fingerprint density at radius 3 is 2.44 bits per heavy atom. The van der Waals surface area contributed by atoms with Crippen LogP contribution in [0, 0.1) is 6.92 Å². The van der Waals surface area contributed by atoms with E-state index < -0.39 is 5.97 Å². The second-order valence-electron chi connectivity index (χ2n) is 3.43. The fourth-order valence-corrected chi connectivity index (χ4v) is 1.58. The number of carbonyl (C=O) groups is 1. The maximum Gasteiger partial charge on any atom is 0.372 e. The molecule has 0 amide bonds. The van der Waals surface area contributed by atoms with E-state index in [4.69, 9.17) is 21.1 Å². The van der Waals surface area contributed by atoms with E-state index in [0.717, 1.165) is 5.56 Å². The summed E-state index contributed by atoms with van der Waals surface area (Å²) in [7, 11) is 0. The molecule has 0 saturated carbocycles. The first kappa shape index (κ1) is 10.8. The van der Waals surface area contributed by atoms with Gasteiger partial charge in [0, 0.05) is 16.1 Å². The Kier molecular flexibility index (Phi) is 2.71. The molecule has 0 aliphatic rings. The number of hydrogen-bond acceptors (Lipinski definition) is 2. The Morgan fingerprint density at radius 1 is 1.31 bits per heavy atom. The van der Waals surface area contributed by atoms with Gasteiger partial charge in [0.1, 0.15) is 5.76 Å². The zero-order valence-electron chi connectivity index (χ0n) is 8.53. The van der Waals surface area contributed by atoms with Crippen molar-refractivity contribution in [2.45, 2.75) is 6.92 Å². The summed E-state index contributed by atoms with van der Waals surface area (Å²) in [6.45, 7) is 1.70. The highest BCUT2D eigenvalue weighted by Gasteiger charge is 2.14. The van der Waals surface area contributed by atoms with Crippen LogP contribution in [0.25, 0.3) is 11.3 Å². The Morgan fingerprint density at radius 2 is 1.94 bits per heavy atom. The molecule has 0 bridgehead atoms. The SMILES string of the molecule is Cc1cc(-c2ccc(Cl)cc2)oc1C(=O)O. The van der Waals surface area contributed by atoms with Crippen LogP contribution in [0.1, 0.15) is 16.1 Å². The first-order valence-corrected chi connectivity index (χ1v) is 5.05. The van der Waals surface area contributed by atoms with Crippen molar-refractivity contribution in [2.75, 3.05) is 0 Å². The van der Waals surface area contributed by atoms with E-state index in [2.05, 4.69) is 0 Å². The fraction of sp³-hybridized carbons (Fsp3) is 0.0833. The summed E-state index contributed by atoms with van der Waals surface area (Å²) in [5, 5.41) is 9.49. The van der Waals surface area contributed by atoms with Crippen molar-refractivity contribution in [3.63, 3.8) is 0 Å². The lowest BCUT2D eigenvalue weighted by atomic mass is 10.1. The lowest BCUT2D eigenvalue weighted by Crippen LogP contribution is -1.94. The van der Waals surface area contributed by atoms with Gasteiger partial charge in [-0.05, 0) is 37.3 Å². The van der Waals surface area contributed by atoms with E-state index >= 15 is 0 Å². The summed E-state index contributed by atoms with van der Waals surface area (Å²) in [4.78, 5) is 10.8. The van der Waals surface area contributed by atoms with Gasteiger partial charge in [0.25, 0.3) is 0 Å². The van der Waals surface area contributed by atoms with Crippen LogP contribution in [-0.4, -0.2) is 11.1 Å². The van der Waals surface area contributed by atoms with Gasteiger partial charge in [-0.2, -0.15) is 0 Å². The van der Waals surface area contributed by atoms with Crippen molar-refractivity contribution in [3.05, 3.63) is 46.7 Å². The molecule has 1 heterocycles. The molecule has 0 radical (unpaired) electrons. The van der Waals surface area contributed by atoms with Crippen LogP contribution in [0.4, 0.5) is 0 Å². The van der Waals surface area contributed by atoms with Crippen molar-refractivity contribution >= 4 is 17.6 Å². The molecule has 3 nitrogen and oxygen atoms in total. The van der Waals surface area contributed by atoms with Gasteiger partial charge in [0.15, 0.2) is 0 Å². The van der Waals surface area contributed by atoms with Crippen molar-refractivity contribution < 1.29 is 14.3 Å². The first-order chi connectivity index (χ1) is 7.58. The minimum Gasteiger partial charge on any atom is -0.475 e. The number of carboxylic acid groups (broad SMARTS) is 1. The number of rotatable bonds is 2. The molecule has 0 aliphatic heterocycles. The molecule has 82 valence electrons. The molecular weight excluding hydrogens is 228 g/mol. The molecule has 0 fully saturated rings. The molecule has 0 saturated heterocycles. The Labute approximate surface area is 97.3 Å². The van der Waals surface area contributed by atoms with Crippen molar-refractivity contribution in [1.82, 2.24) is 0 Å². The van der Waals surface area contributed by atoms with Gasteiger partial charge in [-0.3, -0.25) is 0 Å². The molecule has 4 heteroatoms. The molecule has 1 aromatic carbocycles. The summed E-state index contributed by atoms with van der Waals surface area (Å²) in [6, 6.07) is 8.73. The highest BCUT2D eigenvalue weighted by atomic mass is 35.5. The molecule has 1 N–H and O–H groups in total. The van der Waals surface area contributed by atoms with Crippen LogP contribution in [-0.2, 0) is 0 Å². The van der Waals surface area contributed by atoms with Gasteiger partial charge in [-0.15, -0.1) is 0 Å². The van der Waals surface area contributed by atoms with Crippen LogP contribution < -0.4 is 0 Å². The molecule has 16 heavy (non-hydrogen) atoms. The van der Waals surface area contributed by atoms with E-state index in [-0.39, 0.29) is 5.76 Å². The average Bonchev–Trinajstić information content (AvgIpc) is 2.61. The minimum atomic E-state index is -1.06. The molecule has 0 unspecified atom stereocenters. The fourth-order valence-electron chi connectivity index (χ4n) is 1.45.